The maximum absolute atomic E-state index is 12.1. The van der Waals surface area contributed by atoms with Crippen LogP contribution in [0.25, 0.3) is 0 Å². The number of benzene rings is 1. The van der Waals surface area contributed by atoms with Crippen molar-refractivity contribution in [1.29, 1.82) is 0 Å². The molecule has 1 fully saturated rings. The lowest BCUT2D eigenvalue weighted by atomic mass is 9.96. The second-order valence-corrected chi connectivity index (χ2v) is 8.42. The van der Waals surface area contributed by atoms with E-state index in [1.54, 1.807) is 0 Å². The Morgan fingerprint density at radius 1 is 1.32 bits per heavy atom. The molecule has 0 radical (unpaired) electrons. The van der Waals surface area contributed by atoms with Crippen molar-refractivity contribution < 1.29 is 9.53 Å². The highest BCUT2D eigenvalue weighted by Crippen LogP contribution is 2.20. The summed E-state index contributed by atoms with van der Waals surface area (Å²) in [6.45, 7) is 10.4. The number of likely N-dealkylation sites (tertiary alicyclic amines) is 1. The summed E-state index contributed by atoms with van der Waals surface area (Å²) in [5, 5.41) is 4.45. The van der Waals surface area contributed by atoms with Gasteiger partial charge in [-0.3, -0.25) is 0 Å². The van der Waals surface area contributed by atoms with Gasteiger partial charge in [-0.15, -0.1) is 0 Å². The Hall–Kier alpha value is -1.26. The van der Waals surface area contributed by atoms with E-state index in [4.69, 9.17) is 16.3 Å². The predicted octanol–water partition coefficient (Wildman–Crippen LogP) is 4.51. The third-order valence-electron chi connectivity index (χ3n) is 4.51. The fourth-order valence-corrected chi connectivity index (χ4v) is 3.29. The largest absolute Gasteiger partial charge is 0.444 e. The average molecular weight is 367 g/mol. The quantitative estimate of drug-likeness (QED) is 0.833. The third-order valence-corrected chi connectivity index (χ3v) is 4.87. The molecule has 1 aliphatic heterocycles. The molecule has 1 aliphatic rings. The average Bonchev–Trinajstić information content (AvgIpc) is 2.54. The highest BCUT2D eigenvalue weighted by molar-refractivity contribution is 6.31. The van der Waals surface area contributed by atoms with Crippen LogP contribution in [-0.2, 0) is 11.2 Å². The van der Waals surface area contributed by atoms with Crippen LogP contribution < -0.4 is 5.32 Å². The molecule has 1 N–H and O–H groups in total. The predicted molar refractivity (Wildman–Crippen MR) is 103 cm³/mol. The van der Waals surface area contributed by atoms with E-state index in [0.717, 1.165) is 43.9 Å². The molecule has 0 bridgehead atoms. The van der Waals surface area contributed by atoms with Crippen molar-refractivity contribution in [2.45, 2.75) is 58.6 Å². The molecule has 2 rings (SSSR count). The van der Waals surface area contributed by atoms with Crippen molar-refractivity contribution in [2.75, 3.05) is 19.6 Å². The van der Waals surface area contributed by atoms with Crippen LogP contribution in [0.2, 0.25) is 5.02 Å². The maximum atomic E-state index is 12.1. The molecule has 1 unspecified atom stereocenters. The number of carbonyl (C=O) groups excluding carboxylic acids is 1. The van der Waals surface area contributed by atoms with Gasteiger partial charge in [0.05, 0.1) is 0 Å². The van der Waals surface area contributed by atoms with Gasteiger partial charge < -0.3 is 15.0 Å². The van der Waals surface area contributed by atoms with E-state index in [1.807, 2.05) is 43.9 Å². The van der Waals surface area contributed by atoms with Gasteiger partial charge in [0.25, 0.3) is 0 Å². The van der Waals surface area contributed by atoms with Crippen LogP contribution in [-0.4, -0.2) is 42.3 Å². The Labute approximate surface area is 156 Å². The summed E-state index contributed by atoms with van der Waals surface area (Å²) >= 11 is 6.23. The summed E-state index contributed by atoms with van der Waals surface area (Å²) in [6.07, 6.45) is 2.78. The number of hydrogen-bond acceptors (Lipinski definition) is 3. The molecule has 25 heavy (non-hydrogen) atoms. The normalized spacial score (nSPS) is 17.4. The molecular weight excluding hydrogens is 336 g/mol. The first-order valence-corrected chi connectivity index (χ1v) is 9.57. The number of nitrogens with zero attached hydrogens (tertiary/aromatic N) is 1. The van der Waals surface area contributed by atoms with E-state index in [-0.39, 0.29) is 6.09 Å². The fourth-order valence-electron chi connectivity index (χ4n) is 3.08. The summed E-state index contributed by atoms with van der Waals surface area (Å²) in [7, 11) is 0. The van der Waals surface area contributed by atoms with E-state index >= 15 is 0 Å². The zero-order valence-corrected chi connectivity index (χ0v) is 16.6. The maximum Gasteiger partial charge on any atom is 0.410 e. The summed E-state index contributed by atoms with van der Waals surface area (Å²) in [5.74, 6) is 0.604. The van der Waals surface area contributed by atoms with Gasteiger partial charge in [-0.25, -0.2) is 4.79 Å². The lowest BCUT2D eigenvalue weighted by Crippen LogP contribution is -2.44. The Balaban J connectivity index is 1.70. The summed E-state index contributed by atoms with van der Waals surface area (Å²) in [4.78, 5) is 13.9. The summed E-state index contributed by atoms with van der Waals surface area (Å²) in [6, 6.07) is 8.39. The van der Waals surface area contributed by atoms with Gasteiger partial charge in [0.15, 0.2) is 0 Å². The van der Waals surface area contributed by atoms with Gasteiger partial charge in [0.1, 0.15) is 5.60 Å². The molecule has 1 saturated heterocycles. The van der Waals surface area contributed by atoms with Crippen molar-refractivity contribution in [1.82, 2.24) is 10.2 Å². The third kappa shape index (κ3) is 6.87. The topological polar surface area (TPSA) is 41.6 Å². The van der Waals surface area contributed by atoms with Crippen LogP contribution in [0.5, 0.6) is 0 Å². The van der Waals surface area contributed by atoms with Gasteiger partial charge in [-0.05, 0) is 71.0 Å². The molecule has 1 heterocycles. The number of hydrogen-bond donors (Lipinski definition) is 1. The van der Waals surface area contributed by atoms with Crippen molar-refractivity contribution in [3.05, 3.63) is 34.9 Å². The van der Waals surface area contributed by atoms with E-state index in [9.17, 15) is 4.79 Å². The van der Waals surface area contributed by atoms with Gasteiger partial charge in [0, 0.05) is 24.2 Å². The SMILES string of the molecule is CC(Cc1ccccc1Cl)NCC1CCN(C(=O)OC(C)(C)C)CC1. The molecule has 0 aromatic heterocycles. The molecule has 0 saturated carbocycles. The number of amides is 1. The highest BCUT2D eigenvalue weighted by Gasteiger charge is 2.26. The van der Waals surface area contributed by atoms with E-state index < -0.39 is 5.60 Å². The minimum absolute atomic E-state index is 0.189. The second-order valence-electron chi connectivity index (χ2n) is 8.02. The Kier molecular flexibility index (Phi) is 7.14. The first-order chi connectivity index (χ1) is 11.7. The Morgan fingerprint density at radius 2 is 1.96 bits per heavy atom. The molecule has 1 aromatic rings. The molecule has 1 atom stereocenters. The summed E-state index contributed by atoms with van der Waals surface area (Å²) < 4.78 is 5.45. The molecule has 4 nitrogen and oxygen atoms in total. The zero-order chi connectivity index (χ0) is 18.4. The minimum Gasteiger partial charge on any atom is -0.444 e. The highest BCUT2D eigenvalue weighted by atomic mass is 35.5. The number of ether oxygens (including phenoxy) is 1. The number of halogens is 1. The fraction of sp³-hybridized carbons (Fsp3) is 0.650. The molecular formula is C20H31ClN2O2. The molecule has 1 amide bonds. The van der Waals surface area contributed by atoms with Crippen LogP contribution in [0.1, 0.15) is 46.1 Å². The monoisotopic (exact) mass is 366 g/mol. The van der Waals surface area contributed by atoms with Crippen LogP contribution >= 0.6 is 11.6 Å². The lowest BCUT2D eigenvalue weighted by Gasteiger charge is -2.34. The zero-order valence-electron chi connectivity index (χ0n) is 15.8. The van der Waals surface area contributed by atoms with Gasteiger partial charge in [0.2, 0.25) is 0 Å². The van der Waals surface area contributed by atoms with Crippen LogP contribution in [0.15, 0.2) is 24.3 Å². The van der Waals surface area contributed by atoms with Crippen LogP contribution in [0.3, 0.4) is 0 Å². The van der Waals surface area contributed by atoms with E-state index in [1.165, 1.54) is 5.56 Å². The van der Waals surface area contributed by atoms with E-state index in [2.05, 4.69) is 18.3 Å². The number of piperidine rings is 1. The summed E-state index contributed by atoms with van der Waals surface area (Å²) in [5.41, 5.74) is 0.757. The molecule has 0 aliphatic carbocycles. The number of nitrogens with one attached hydrogen (secondary N) is 1. The van der Waals surface area contributed by atoms with Crippen LogP contribution in [0, 0.1) is 5.92 Å². The minimum atomic E-state index is -0.427. The van der Waals surface area contributed by atoms with Crippen molar-refractivity contribution in [3.8, 4) is 0 Å². The second kappa shape index (κ2) is 8.91. The first kappa shape index (κ1) is 20.1. The van der Waals surface area contributed by atoms with Gasteiger partial charge in [-0.2, -0.15) is 0 Å². The molecule has 140 valence electrons. The first-order valence-electron chi connectivity index (χ1n) is 9.19. The molecule has 0 spiro atoms. The molecule has 1 aromatic carbocycles. The lowest BCUT2D eigenvalue weighted by molar-refractivity contribution is 0.0183. The smallest absolute Gasteiger partial charge is 0.410 e. The van der Waals surface area contributed by atoms with Gasteiger partial charge in [-0.1, -0.05) is 29.8 Å². The Morgan fingerprint density at radius 3 is 2.56 bits per heavy atom. The number of carbonyl (C=O) groups is 1. The standard InChI is InChI=1S/C20H31ClN2O2/c1-15(13-17-7-5-6-8-18(17)21)22-14-16-9-11-23(12-10-16)19(24)25-20(2,3)4/h5-8,15-16,22H,9-14H2,1-4H3. The Bertz CT molecular complexity index is 563. The van der Waals surface area contributed by atoms with E-state index in [0.29, 0.717) is 12.0 Å². The van der Waals surface area contributed by atoms with Crippen LogP contribution in [0.4, 0.5) is 4.79 Å². The number of rotatable bonds is 5. The van der Waals surface area contributed by atoms with Crippen molar-refractivity contribution in [3.63, 3.8) is 0 Å². The molecule has 5 heteroatoms. The van der Waals surface area contributed by atoms with Gasteiger partial charge >= 0.3 is 6.09 Å². The van der Waals surface area contributed by atoms with Crippen molar-refractivity contribution >= 4 is 17.7 Å². The van der Waals surface area contributed by atoms with Crippen molar-refractivity contribution in [2.24, 2.45) is 5.92 Å².